The number of hydrogen-bond acceptors (Lipinski definition) is 6. The summed E-state index contributed by atoms with van der Waals surface area (Å²) in [6, 6.07) is 20.5. The van der Waals surface area contributed by atoms with Gasteiger partial charge in [0, 0.05) is 12.1 Å². The van der Waals surface area contributed by atoms with Gasteiger partial charge < -0.3 is 9.15 Å². The lowest BCUT2D eigenvalue weighted by Gasteiger charge is -2.09. The highest BCUT2D eigenvalue weighted by Gasteiger charge is 2.16. The minimum atomic E-state index is -0.618. The standard InChI is InChI=1S/C21H15N3O5/c25-21(28-13-14-6-2-1-3-7-14)23-17-9-5-4-8-16(17)20-22-18-12-15(24(26)27)10-11-19(18)29-20/h1-12H,13H2,(H,23,25). The van der Waals surface area contributed by atoms with Crippen LogP contribution < -0.4 is 5.32 Å². The van der Waals surface area contributed by atoms with E-state index < -0.39 is 11.0 Å². The molecule has 0 aliphatic rings. The second-order valence-corrected chi connectivity index (χ2v) is 6.16. The second kappa shape index (κ2) is 7.81. The number of para-hydroxylation sites is 1. The molecule has 144 valence electrons. The zero-order valence-electron chi connectivity index (χ0n) is 15.1. The van der Waals surface area contributed by atoms with Gasteiger partial charge in [-0.25, -0.2) is 9.78 Å². The number of fused-ring (bicyclic) bond motifs is 1. The van der Waals surface area contributed by atoms with Crippen molar-refractivity contribution in [1.82, 2.24) is 4.98 Å². The van der Waals surface area contributed by atoms with Crippen molar-refractivity contribution in [2.45, 2.75) is 6.61 Å². The first-order valence-electron chi connectivity index (χ1n) is 8.72. The van der Waals surface area contributed by atoms with E-state index in [2.05, 4.69) is 10.3 Å². The monoisotopic (exact) mass is 389 g/mol. The van der Waals surface area contributed by atoms with Crippen LogP contribution in [0.1, 0.15) is 5.56 Å². The molecule has 29 heavy (non-hydrogen) atoms. The molecular formula is C21H15N3O5. The van der Waals surface area contributed by atoms with E-state index in [9.17, 15) is 14.9 Å². The summed E-state index contributed by atoms with van der Waals surface area (Å²) in [6.45, 7) is 0.140. The molecule has 0 bridgehead atoms. The van der Waals surface area contributed by atoms with Gasteiger partial charge in [0.2, 0.25) is 5.89 Å². The Balaban J connectivity index is 1.56. The highest BCUT2D eigenvalue weighted by atomic mass is 16.6. The number of hydrogen-bond donors (Lipinski definition) is 1. The Morgan fingerprint density at radius 1 is 1.07 bits per heavy atom. The fourth-order valence-electron chi connectivity index (χ4n) is 2.79. The number of nitrogens with zero attached hydrogens (tertiary/aromatic N) is 2. The first-order valence-corrected chi connectivity index (χ1v) is 8.72. The van der Waals surface area contributed by atoms with Crippen molar-refractivity contribution in [3.63, 3.8) is 0 Å². The molecule has 0 radical (unpaired) electrons. The van der Waals surface area contributed by atoms with Gasteiger partial charge in [-0.3, -0.25) is 15.4 Å². The predicted molar refractivity (Wildman–Crippen MR) is 106 cm³/mol. The molecule has 0 saturated carbocycles. The molecule has 0 atom stereocenters. The maximum atomic E-state index is 12.2. The van der Waals surface area contributed by atoms with Gasteiger partial charge in [0.05, 0.1) is 16.2 Å². The zero-order chi connectivity index (χ0) is 20.2. The summed E-state index contributed by atoms with van der Waals surface area (Å²) < 4.78 is 11.0. The molecule has 0 saturated heterocycles. The van der Waals surface area contributed by atoms with Gasteiger partial charge in [-0.15, -0.1) is 0 Å². The van der Waals surface area contributed by atoms with Crippen molar-refractivity contribution in [3.8, 4) is 11.5 Å². The van der Waals surface area contributed by atoms with Gasteiger partial charge in [-0.1, -0.05) is 42.5 Å². The summed E-state index contributed by atoms with van der Waals surface area (Å²) >= 11 is 0. The maximum absolute atomic E-state index is 12.2. The lowest BCUT2D eigenvalue weighted by atomic mass is 10.2. The number of amides is 1. The molecule has 0 fully saturated rings. The average Bonchev–Trinajstić information content (AvgIpc) is 3.16. The van der Waals surface area contributed by atoms with E-state index in [0.29, 0.717) is 22.4 Å². The van der Waals surface area contributed by atoms with Crippen LogP contribution in [0.3, 0.4) is 0 Å². The van der Waals surface area contributed by atoms with Gasteiger partial charge in [-0.2, -0.15) is 0 Å². The van der Waals surface area contributed by atoms with Gasteiger partial charge in [0.25, 0.3) is 5.69 Å². The third-order valence-corrected chi connectivity index (χ3v) is 4.19. The van der Waals surface area contributed by atoms with Crippen LogP contribution >= 0.6 is 0 Å². The number of carbonyl (C=O) groups is 1. The SMILES string of the molecule is O=C(Nc1ccccc1-c1nc2cc([N+](=O)[O-])ccc2o1)OCc1ccccc1. The Kier molecular flexibility index (Phi) is 4.90. The van der Waals surface area contributed by atoms with E-state index in [0.717, 1.165) is 5.56 Å². The van der Waals surface area contributed by atoms with Gasteiger partial charge in [0.1, 0.15) is 12.1 Å². The van der Waals surface area contributed by atoms with Crippen LogP contribution in [0.4, 0.5) is 16.2 Å². The molecule has 0 aliphatic carbocycles. The number of aromatic nitrogens is 1. The Labute approximate surface area is 164 Å². The van der Waals surface area contributed by atoms with Crippen LogP contribution in [0, 0.1) is 10.1 Å². The molecule has 0 aliphatic heterocycles. The van der Waals surface area contributed by atoms with Gasteiger partial charge >= 0.3 is 6.09 Å². The summed E-state index contributed by atoms with van der Waals surface area (Å²) in [5, 5.41) is 13.6. The second-order valence-electron chi connectivity index (χ2n) is 6.16. The molecule has 0 spiro atoms. The van der Waals surface area contributed by atoms with Crippen molar-refractivity contribution in [3.05, 3.63) is 88.5 Å². The Bertz CT molecular complexity index is 1190. The number of nitro benzene ring substituents is 1. The van der Waals surface area contributed by atoms with E-state index in [1.54, 1.807) is 24.3 Å². The summed E-state index contributed by atoms with van der Waals surface area (Å²) in [6.07, 6.45) is -0.618. The molecule has 8 nitrogen and oxygen atoms in total. The third-order valence-electron chi connectivity index (χ3n) is 4.19. The van der Waals surface area contributed by atoms with E-state index in [4.69, 9.17) is 9.15 Å². The van der Waals surface area contributed by atoms with Crippen LogP contribution in [0.15, 0.2) is 77.2 Å². The van der Waals surface area contributed by atoms with Crippen LogP contribution in [0.25, 0.3) is 22.6 Å². The minimum absolute atomic E-state index is 0.0757. The molecule has 1 heterocycles. The molecule has 4 rings (SSSR count). The first kappa shape index (κ1) is 18.2. The Morgan fingerprint density at radius 3 is 2.62 bits per heavy atom. The van der Waals surface area contributed by atoms with Crippen molar-refractivity contribution < 1.29 is 18.9 Å². The summed E-state index contributed by atoms with van der Waals surface area (Å²) in [4.78, 5) is 27.0. The number of carbonyl (C=O) groups excluding carboxylic acids is 1. The van der Waals surface area contributed by atoms with Crippen LogP contribution in [-0.4, -0.2) is 16.0 Å². The smallest absolute Gasteiger partial charge is 0.411 e. The number of oxazole rings is 1. The molecule has 1 amide bonds. The predicted octanol–water partition coefficient (Wildman–Crippen LogP) is 5.15. The Hall–Kier alpha value is -4.20. The average molecular weight is 389 g/mol. The molecule has 4 aromatic rings. The quantitative estimate of drug-likeness (QED) is 0.373. The molecule has 1 aromatic heterocycles. The van der Waals surface area contributed by atoms with E-state index in [-0.39, 0.29) is 18.2 Å². The highest BCUT2D eigenvalue weighted by Crippen LogP contribution is 2.31. The zero-order valence-corrected chi connectivity index (χ0v) is 15.1. The van der Waals surface area contributed by atoms with Crippen molar-refractivity contribution >= 4 is 28.6 Å². The summed E-state index contributed by atoms with van der Waals surface area (Å²) in [5.74, 6) is 0.236. The molecule has 1 N–H and O–H groups in total. The topological polar surface area (TPSA) is 108 Å². The van der Waals surface area contributed by atoms with Gasteiger partial charge in [-0.05, 0) is 23.8 Å². The van der Waals surface area contributed by atoms with Gasteiger partial charge in [0.15, 0.2) is 5.58 Å². The molecular weight excluding hydrogens is 374 g/mol. The largest absolute Gasteiger partial charge is 0.444 e. The van der Waals surface area contributed by atoms with E-state index in [1.807, 2.05) is 30.3 Å². The van der Waals surface area contributed by atoms with Crippen molar-refractivity contribution in [1.29, 1.82) is 0 Å². The minimum Gasteiger partial charge on any atom is -0.444 e. The summed E-state index contributed by atoms with van der Waals surface area (Å²) in [5.41, 5.74) is 2.54. The van der Waals surface area contributed by atoms with Crippen LogP contribution in [-0.2, 0) is 11.3 Å². The molecule has 0 unspecified atom stereocenters. The lowest BCUT2D eigenvalue weighted by molar-refractivity contribution is -0.384. The molecule has 8 heteroatoms. The fraction of sp³-hybridized carbons (Fsp3) is 0.0476. The highest BCUT2D eigenvalue weighted by molar-refractivity contribution is 5.91. The molecule has 3 aromatic carbocycles. The van der Waals surface area contributed by atoms with Crippen molar-refractivity contribution in [2.75, 3.05) is 5.32 Å². The first-order chi connectivity index (χ1) is 14.1. The van der Waals surface area contributed by atoms with E-state index in [1.165, 1.54) is 18.2 Å². The number of benzene rings is 3. The number of anilines is 1. The number of nitro groups is 1. The van der Waals surface area contributed by atoms with Crippen LogP contribution in [0.2, 0.25) is 0 Å². The normalized spacial score (nSPS) is 10.6. The number of non-ortho nitro benzene ring substituents is 1. The fourth-order valence-corrected chi connectivity index (χ4v) is 2.79. The number of nitrogens with one attached hydrogen (secondary N) is 1. The summed E-state index contributed by atoms with van der Waals surface area (Å²) in [7, 11) is 0. The Morgan fingerprint density at radius 2 is 1.83 bits per heavy atom. The van der Waals surface area contributed by atoms with Crippen LogP contribution in [0.5, 0.6) is 0 Å². The van der Waals surface area contributed by atoms with E-state index >= 15 is 0 Å². The number of ether oxygens (including phenoxy) is 1. The lowest BCUT2D eigenvalue weighted by Crippen LogP contribution is -2.14. The number of rotatable bonds is 5. The maximum Gasteiger partial charge on any atom is 0.411 e. The third kappa shape index (κ3) is 4.06. The van der Waals surface area contributed by atoms with Crippen molar-refractivity contribution in [2.24, 2.45) is 0 Å².